The highest BCUT2D eigenvalue weighted by atomic mass is 14.5. The van der Waals surface area contributed by atoms with Crippen molar-refractivity contribution in [2.24, 2.45) is 11.3 Å². The van der Waals surface area contributed by atoms with Gasteiger partial charge < -0.3 is 0 Å². The highest BCUT2D eigenvalue weighted by Crippen LogP contribution is 2.52. The minimum atomic E-state index is 0.533. The fourth-order valence-electron chi connectivity index (χ4n) is 6.01. The molecule has 0 saturated carbocycles. The molecule has 0 spiro atoms. The summed E-state index contributed by atoms with van der Waals surface area (Å²) in [4.78, 5) is 0. The highest BCUT2D eigenvalue weighted by Gasteiger charge is 2.41. The van der Waals surface area contributed by atoms with E-state index in [0.717, 1.165) is 5.92 Å². The first kappa shape index (κ1) is 30.0. The number of rotatable bonds is 23. The van der Waals surface area contributed by atoms with Gasteiger partial charge in [0.2, 0.25) is 0 Å². The summed E-state index contributed by atoms with van der Waals surface area (Å²) in [5.41, 5.74) is 0.533. The van der Waals surface area contributed by atoms with Gasteiger partial charge in [-0.1, -0.05) is 144 Å². The minimum Gasteiger partial charge on any atom is -0.0654 e. The average Bonchev–Trinajstić information content (AvgIpc) is 2.77. The van der Waals surface area contributed by atoms with Crippen LogP contribution in [0.5, 0.6) is 0 Å². The average molecular weight is 422 g/mol. The van der Waals surface area contributed by atoms with Crippen LogP contribution in [-0.2, 0) is 0 Å². The third-order valence-electron chi connectivity index (χ3n) is 8.00. The van der Waals surface area contributed by atoms with E-state index >= 15 is 0 Å². The van der Waals surface area contributed by atoms with E-state index in [0.29, 0.717) is 5.41 Å². The fourth-order valence-corrected chi connectivity index (χ4v) is 6.01. The Morgan fingerprint density at radius 1 is 0.567 bits per heavy atom. The molecule has 2 atom stereocenters. The van der Waals surface area contributed by atoms with Crippen molar-refractivity contribution in [3.05, 3.63) is 5.92 Å². The molecule has 0 aromatic rings. The second kappa shape index (κ2) is 20.9. The van der Waals surface area contributed by atoms with Crippen LogP contribution in [0, 0.1) is 17.3 Å². The quantitative estimate of drug-likeness (QED) is 0.144. The lowest BCUT2D eigenvalue weighted by Gasteiger charge is -2.47. The van der Waals surface area contributed by atoms with E-state index in [1.165, 1.54) is 135 Å². The number of hydrogen-bond acceptors (Lipinski definition) is 0. The maximum atomic E-state index is 2.52. The van der Waals surface area contributed by atoms with E-state index < -0.39 is 0 Å². The highest BCUT2D eigenvalue weighted by molar-refractivity contribution is 5.08. The Morgan fingerprint density at radius 2 is 1.07 bits per heavy atom. The van der Waals surface area contributed by atoms with Crippen LogP contribution in [0.15, 0.2) is 0 Å². The molecule has 181 valence electrons. The maximum absolute atomic E-state index is 2.52. The van der Waals surface area contributed by atoms with Crippen molar-refractivity contribution in [2.45, 2.75) is 176 Å². The smallest absolute Gasteiger partial charge is 0.0179 e. The molecule has 0 aliphatic rings. The first-order valence-electron chi connectivity index (χ1n) is 14.5. The first-order valence-corrected chi connectivity index (χ1v) is 14.5. The molecule has 0 N–H and O–H groups in total. The van der Waals surface area contributed by atoms with Crippen LogP contribution in [0.4, 0.5) is 0 Å². The molecule has 0 aromatic carbocycles. The molecule has 2 unspecified atom stereocenters. The summed E-state index contributed by atoms with van der Waals surface area (Å²) in [5.74, 6) is 2.87. The molecule has 0 fully saturated rings. The Morgan fingerprint density at radius 3 is 1.57 bits per heavy atom. The van der Waals surface area contributed by atoms with Crippen LogP contribution in [-0.4, -0.2) is 0 Å². The molecule has 0 saturated heterocycles. The minimum absolute atomic E-state index is 0.533. The lowest BCUT2D eigenvalue weighted by molar-refractivity contribution is 0.116. The SMILES string of the molecule is CCCCCCCC[C](CC)C(CC)(CCCCCCCC)C(CC)CCCCC. The fraction of sp³-hybridized carbons (Fsp3) is 0.967. The monoisotopic (exact) mass is 421 g/mol. The van der Waals surface area contributed by atoms with E-state index in [1.54, 1.807) is 0 Å². The summed E-state index contributed by atoms with van der Waals surface area (Å²) >= 11 is 0. The van der Waals surface area contributed by atoms with Crippen molar-refractivity contribution in [2.75, 3.05) is 0 Å². The molecule has 0 aromatic heterocycles. The Hall–Kier alpha value is 0. The molecular weight excluding hydrogens is 360 g/mol. The summed E-state index contributed by atoms with van der Waals surface area (Å²) in [6.07, 6.45) is 29.9. The lowest BCUT2D eigenvalue weighted by Crippen LogP contribution is -2.36. The molecule has 30 heavy (non-hydrogen) atoms. The van der Waals surface area contributed by atoms with Crippen LogP contribution in [0.2, 0.25) is 0 Å². The van der Waals surface area contributed by atoms with E-state index in [1.807, 2.05) is 5.92 Å². The summed E-state index contributed by atoms with van der Waals surface area (Å²) in [7, 11) is 0. The van der Waals surface area contributed by atoms with Crippen molar-refractivity contribution in [3.63, 3.8) is 0 Å². The van der Waals surface area contributed by atoms with Crippen LogP contribution in [0.25, 0.3) is 0 Å². The summed E-state index contributed by atoms with van der Waals surface area (Å²) < 4.78 is 0. The van der Waals surface area contributed by atoms with Crippen molar-refractivity contribution < 1.29 is 0 Å². The third kappa shape index (κ3) is 12.1. The van der Waals surface area contributed by atoms with Crippen LogP contribution in [0.1, 0.15) is 176 Å². The van der Waals surface area contributed by atoms with Crippen molar-refractivity contribution >= 4 is 0 Å². The Balaban J connectivity index is 5.06. The Labute approximate surface area is 193 Å². The van der Waals surface area contributed by atoms with Crippen LogP contribution >= 0.6 is 0 Å². The molecule has 0 aliphatic carbocycles. The van der Waals surface area contributed by atoms with Crippen LogP contribution < -0.4 is 0 Å². The number of hydrogen-bond donors (Lipinski definition) is 0. The van der Waals surface area contributed by atoms with Gasteiger partial charge in [0.1, 0.15) is 0 Å². The molecule has 1 radical (unpaired) electrons. The molecule has 0 aliphatic heterocycles. The van der Waals surface area contributed by atoms with Gasteiger partial charge in [0, 0.05) is 0 Å². The van der Waals surface area contributed by atoms with Gasteiger partial charge in [0.25, 0.3) is 0 Å². The van der Waals surface area contributed by atoms with Crippen LogP contribution in [0.3, 0.4) is 0 Å². The Bertz CT molecular complexity index is 333. The predicted octanol–water partition coefficient (Wildman–Crippen LogP) is 11.5. The van der Waals surface area contributed by atoms with Gasteiger partial charge in [-0.15, -0.1) is 0 Å². The zero-order chi connectivity index (χ0) is 22.5. The molecule has 0 nitrogen and oxygen atoms in total. The van der Waals surface area contributed by atoms with E-state index in [-0.39, 0.29) is 0 Å². The topological polar surface area (TPSA) is 0 Å². The van der Waals surface area contributed by atoms with Crippen molar-refractivity contribution in [1.29, 1.82) is 0 Å². The summed E-state index contributed by atoms with van der Waals surface area (Å²) in [6.45, 7) is 14.5. The molecule has 0 rings (SSSR count). The van der Waals surface area contributed by atoms with Crippen molar-refractivity contribution in [3.8, 4) is 0 Å². The van der Waals surface area contributed by atoms with Gasteiger partial charge in [0.05, 0.1) is 0 Å². The van der Waals surface area contributed by atoms with Gasteiger partial charge in [0.15, 0.2) is 0 Å². The van der Waals surface area contributed by atoms with Gasteiger partial charge in [-0.25, -0.2) is 0 Å². The lowest BCUT2D eigenvalue weighted by atomic mass is 9.58. The zero-order valence-electron chi connectivity index (χ0n) is 22.4. The second-order valence-corrected chi connectivity index (χ2v) is 10.1. The molecular formula is C30H61. The molecule has 0 heteroatoms. The predicted molar refractivity (Wildman–Crippen MR) is 140 cm³/mol. The molecule has 0 bridgehead atoms. The first-order chi connectivity index (χ1) is 14.7. The van der Waals surface area contributed by atoms with E-state index in [2.05, 4.69) is 41.5 Å². The van der Waals surface area contributed by atoms with Gasteiger partial charge >= 0.3 is 0 Å². The number of unbranched alkanes of at least 4 members (excludes halogenated alkanes) is 12. The zero-order valence-corrected chi connectivity index (χ0v) is 22.4. The normalized spacial score (nSPS) is 14.9. The molecule has 0 heterocycles. The summed E-state index contributed by atoms with van der Waals surface area (Å²) in [5, 5.41) is 0. The summed E-state index contributed by atoms with van der Waals surface area (Å²) in [6, 6.07) is 0. The van der Waals surface area contributed by atoms with E-state index in [9.17, 15) is 0 Å². The standard InChI is InChI=1S/C30H61/c1-7-13-16-18-20-23-26-29(11-5)30(12-6,27-24-21-19-17-14-8-2)28(10-4)25-22-15-9-3/h28H,7-27H2,1-6H3. The second-order valence-electron chi connectivity index (χ2n) is 10.1. The van der Waals surface area contributed by atoms with E-state index in [4.69, 9.17) is 0 Å². The van der Waals surface area contributed by atoms with Crippen molar-refractivity contribution in [1.82, 2.24) is 0 Å². The van der Waals surface area contributed by atoms with Gasteiger partial charge in [-0.2, -0.15) is 0 Å². The third-order valence-corrected chi connectivity index (χ3v) is 8.00. The Kier molecular flexibility index (Phi) is 20.9. The maximum Gasteiger partial charge on any atom is -0.0179 e. The van der Waals surface area contributed by atoms with Gasteiger partial charge in [-0.3, -0.25) is 0 Å². The van der Waals surface area contributed by atoms with Gasteiger partial charge in [-0.05, 0) is 49.4 Å². The molecule has 0 amide bonds. The largest absolute Gasteiger partial charge is 0.0654 e.